The van der Waals surface area contributed by atoms with E-state index in [0.29, 0.717) is 17.5 Å². The second kappa shape index (κ2) is 13.5. The van der Waals surface area contributed by atoms with Gasteiger partial charge in [0.15, 0.2) is 17.5 Å². The predicted octanol–water partition coefficient (Wildman–Crippen LogP) is 13.1. The van der Waals surface area contributed by atoms with Gasteiger partial charge in [-0.2, -0.15) is 0 Å². The van der Waals surface area contributed by atoms with Crippen LogP contribution in [0, 0.1) is 0 Å². The Bertz CT molecular complexity index is 2540. The van der Waals surface area contributed by atoms with Crippen molar-refractivity contribution in [3.05, 3.63) is 187 Å². The Morgan fingerprint density at radius 2 is 0.704 bits per heavy atom. The van der Waals surface area contributed by atoms with E-state index in [1.165, 1.54) is 59.9 Å². The van der Waals surface area contributed by atoms with Gasteiger partial charge in [0.05, 0.1) is 0 Å². The number of fused-ring (bicyclic) bond motifs is 5. The van der Waals surface area contributed by atoms with Crippen LogP contribution in [0.25, 0.3) is 78.7 Å². The van der Waals surface area contributed by atoms with Crippen LogP contribution in [-0.4, -0.2) is 15.0 Å². The summed E-state index contributed by atoms with van der Waals surface area (Å²) < 4.78 is 0. The minimum absolute atomic E-state index is 0.110. The molecule has 10 rings (SSSR count). The van der Waals surface area contributed by atoms with E-state index in [1.807, 2.05) is 12.1 Å². The van der Waals surface area contributed by atoms with Gasteiger partial charge >= 0.3 is 0 Å². The Hall–Kier alpha value is -6.45. The molecule has 0 atom stereocenters. The second-order valence-corrected chi connectivity index (χ2v) is 14.7. The van der Waals surface area contributed by atoms with Gasteiger partial charge < -0.3 is 0 Å². The second-order valence-electron chi connectivity index (χ2n) is 14.7. The van der Waals surface area contributed by atoms with Crippen molar-refractivity contribution in [2.75, 3.05) is 0 Å². The fourth-order valence-electron chi connectivity index (χ4n) is 8.87. The number of benzene rings is 7. The van der Waals surface area contributed by atoms with Crippen molar-refractivity contribution in [1.82, 2.24) is 15.0 Å². The zero-order valence-corrected chi connectivity index (χ0v) is 30.1. The van der Waals surface area contributed by atoms with E-state index in [4.69, 9.17) is 15.0 Å². The van der Waals surface area contributed by atoms with E-state index in [-0.39, 0.29) is 5.41 Å². The lowest BCUT2D eigenvalue weighted by atomic mass is 9.67. The number of aromatic nitrogens is 3. The minimum Gasteiger partial charge on any atom is -0.208 e. The largest absolute Gasteiger partial charge is 0.208 e. The first-order chi connectivity index (χ1) is 26.7. The summed E-state index contributed by atoms with van der Waals surface area (Å²) in [6.45, 7) is 0. The molecule has 8 aromatic rings. The molecule has 1 spiro atoms. The molecule has 1 heterocycles. The van der Waals surface area contributed by atoms with Crippen molar-refractivity contribution in [1.29, 1.82) is 0 Å². The van der Waals surface area contributed by atoms with Crippen LogP contribution in [0.1, 0.15) is 43.2 Å². The summed E-state index contributed by atoms with van der Waals surface area (Å²) in [5, 5.41) is 0. The Labute approximate surface area is 317 Å². The zero-order chi connectivity index (χ0) is 35.9. The molecule has 0 bridgehead atoms. The van der Waals surface area contributed by atoms with Crippen LogP contribution in [0.5, 0.6) is 0 Å². The van der Waals surface area contributed by atoms with Gasteiger partial charge in [-0.05, 0) is 92.7 Å². The first-order valence-corrected chi connectivity index (χ1v) is 19.1. The minimum atomic E-state index is 0.110. The molecule has 54 heavy (non-hydrogen) atoms. The maximum atomic E-state index is 5.18. The van der Waals surface area contributed by atoms with Crippen molar-refractivity contribution < 1.29 is 0 Å². The van der Waals surface area contributed by atoms with Gasteiger partial charge in [0, 0.05) is 22.1 Å². The molecule has 3 nitrogen and oxygen atoms in total. The quantitative estimate of drug-likeness (QED) is 0.174. The molecule has 0 N–H and O–H groups in total. The number of rotatable bonds is 6. The highest BCUT2D eigenvalue weighted by molar-refractivity contribution is 5.85. The van der Waals surface area contributed by atoms with Crippen LogP contribution >= 0.6 is 0 Å². The molecule has 1 aromatic heterocycles. The number of hydrogen-bond acceptors (Lipinski definition) is 3. The maximum absolute atomic E-state index is 5.18. The summed E-state index contributed by atoms with van der Waals surface area (Å²) in [5.41, 5.74) is 15.8. The van der Waals surface area contributed by atoms with Gasteiger partial charge in [-0.3, -0.25) is 0 Å². The molecule has 0 unspecified atom stereocenters. The predicted molar refractivity (Wildman–Crippen MR) is 222 cm³/mol. The van der Waals surface area contributed by atoms with E-state index in [2.05, 4.69) is 164 Å². The molecule has 0 amide bonds. The molecule has 2 aliphatic carbocycles. The summed E-state index contributed by atoms with van der Waals surface area (Å²) >= 11 is 0. The molecule has 1 fully saturated rings. The molecule has 0 radical (unpaired) electrons. The van der Waals surface area contributed by atoms with Gasteiger partial charge in [-0.25, -0.2) is 15.0 Å². The summed E-state index contributed by atoms with van der Waals surface area (Å²) in [4.78, 5) is 15.5. The standard InChI is InChI=1S/C51H39N3/c1-4-15-35(16-5-1)37-19-12-22-41(31-37)48-52-49(42-23-13-20-38(32-42)36-17-6-2-7-18-36)54-50(53-48)43-24-14-21-39(33-43)40-27-28-45-44-25-8-9-26-46(44)51(47(45)34-40)29-10-3-11-30-51/h1-2,4-9,12-28,31-34H,3,10-11,29-30H2. The van der Waals surface area contributed by atoms with E-state index in [1.54, 1.807) is 0 Å². The van der Waals surface area contributed by atoms with Gasteiger partial charge in [-0.1, -0.05) is 171 Å². The van der Waals surface area contributed by atoms with Gasteiger partial charge in [0.2, 0.25) is 0 Å². The molecule has 1 saturated carbocycles. The van der Waals surface area contributed by atoms with E-state index < -0.39 is 0 Å². The Kier molecular flexibility index (Phi) is 8.06. The smallest absolute Gasteiger partial charge is 0.164 e. The average Bonchev–Trinajstić information content (AvgIpc) is 3.52. The molecule has 7 aromatic carbocycles. The van der Waals surface area contributed by atoms with Crippen molar-refractivity contribution in [3.63, 3.8) is 0 Å². The summed E-state index contributed by atoms with van der Waals surface area (Å²) in [6, 6.07) is 62.9. The van der Waals surface area contributed by atoms with Crippen LogP contribution in [0.3, 0.4) is 0 Å². The third-order valence-corrected chi connectivity index (χ3v) is 11.5. The van der Waals surface area contributed by atoms with Crippen molar-refractivity contribution in [2.45, 2.75) is 37.5 Å². The molecule has 0 saturated heterocycles. The van der Waals surface area contributed by atoms with Gasteiger partial charge in [0.1, 0.15) is 0 Å². The van der Waals surface area contributed by atoms with Crippen molar-refractivity contribution in [2.24, 2.45) is 0 Å². The average molecular weight is 694 g/mol. The van der Waals surface area contributed by atoms with Crippen LogP contribution in [0.15, 0.2) is 176 Å². The molecular formula is C51H39N3. The van der Waals surface area contributed by atoms with Crippen molar-refractivity contribution in [3.8, 4) is 78.7 Å². The third-order valence-electron chi connectivity index (χ3n) is 11.5. The summed E-state index contributed by atoms with van der Waals surface area (Å²) in [6.07, 6.45) is 6.31. The van der Waals surface area contributed by atoms with Crippen LogP contribution < -0.4 is 0 Å². The number of nitrogens with zero attached hydrogens (tertiary/aromatic N) is 3. The third kappa shape index (κ3) is 5.74. The molecule has 258 valence electrons. The Morgan fingerprint density at radius 3 is 1.24 bits per heavy atom. The van der Waals surface area contributed by atoms with Gasteiger partial charge in [0.25, 0.3) is 0 Å². The SMILES string of the molecule is c1ccc(-c2cccc(-c3nc(-c4cccc(-c5ccccc5)c4)nc(-c4cccc(-c5ccc6c(c5)C5(CCCCC5)c5ccccc5-6)c4)n3)c2)cc1. The highest BCUT2D eigenvalue weighted by Gasteiger charge is 2.43. The first kappa shape index (κ1) is 32.2. The highest BCUT2D eigenvalue weighted by Crippen LogP contribution is 2.56. The van der Waals surface area contributed by atoms with Crippen molar-refractivity contribution >= 4 is 0 Å². The summed E-state index contributed by atoms with van der Waals surface area (Å²) in [7, 11) is 0. The maximum Gasteiger partial charge on any atom is 0.164 e. The van der Waals surface area contributed by atoms with E-state index >= 15 is 0 Å². The molecule has 0 aliphatic heterocycles. The normalized spacial score (nSPS) is 14.1. The summed E-state index contributed by atoms with van der Waals surface area (Å²) in [5.74, 6) is 1.96. The highest BCUT2D eigenvalue weighted by atomic mass is 15.0. The van der Waals surface area contributed by atoms with Crippen LogP contribution in [0.4, 0.5) is 0 Å². The number of hydrogen-bond donors (Lipinski definition) is 0. The zero-order valence-electron chi connectivity index (χ0n) is 30.1. The fourth-order valence-corrected chi connectivity index (χ4v) is 8.87. The lowest BCUT2D eigenvalue weighted by molar-refractivity contribution is 0.353. The van der Waals surface area contributed by atoms with Crippen LogP contribution in [-0.2, 0) is 5.41 Å². The molecular weight excluding hydrogens is 655 g/mol. The Morgan fingerprint density at radius 1 is 0.296 bits per heavy atom. The van der Waals surface area contributed by atoms with Crippen LogP contribution in [0.2, 0.25) is 0 Å². The van der Waals surface area contributed by atoms with E-state index in [0.717, 1.165) is 44.5 Å². The fraction of sp³-hybridized carbons (Fsp3) is 0.118. The van der Waals surface area contributed by atoms with E-state index in [9.17, 15) is 0 Å². The Balaban J connectivity index is 1.09. The lowest BCUT2D eigenvalue weighted by Crippen LogP contribution is -2.28. The van der Waals surface area contributed by atoms with Gasteiger partial charge in [-0.15, -0.1) is 0 Å². The molecule has 2 aliphatic rings. The first-order valence-electron chi connectivity index (χ1n) is 19.1. The topological polar surface area (TPSA) is 38.7 Å². The monoisotopic (exact) mass is 693 g/mol. The lowest BCUT2D eigenvalue weighted by Gasteiger charge is -2.36. The molecule has 3 heteroatoms.